The minimum Gasteiger partial charge on any atom is -0.461 e. The Labute approximate surface area is 214 Å². The van der Waals surface area contributed by atoms with E-state index in [-0.39, 0.29) is 36.0 Å². The molecule has 6 fully saturated rings. The van der Waals surface area contributed by atoms with E-state index in [0.29, 0.717) is 0 Å². The van der Waals surface area contributed by atoms with E-state index < -0.39 is 49.0 Å². The van der Waals surface area contributed by atoms with Crippen LogP contribution in [0.25, 0.3) is 0 Å². The Balaban J connectivity index is 1.30. The van der Waals surface area contributed by atoms with Gasteiger partial charge in [0.1, 0.15) is 36.7 Å². The van der Waals surface area contributed by atoms with Gasteiger partial charge in [-0.25, -0.2) is 0 Å². The van der Waals surface area contributed by atoms with Gasteiger partial charge in [-0.3, -0.25) is 14.7 Å². The topological polar surface area (TPSA) is 141 Å². The minimum atomic E-state index is -1.52. The maximum absolute atomic E-state index is 12.4. The van der Waals surface area contributed by atoms with Crippen molar-refractivity contribution in [2.24, 2.45) is 16.8 Å². The Morgan fingerprint density at radius 3 is 2.76 bits per heavy atom. The Morgan fingerprint density at radius 2 is 2.03 bits per heavy atom. The number of esters is 1. The van der Waals surface area contributed by atoms with E-state index in [9.17, 15) is 25.2 Å². The molecule has 1 aromatic carbocycles. The number of carbonyl (C=O) groups excluding carboxylic acids is 1. The Morgan fingerprint density at radius 1 is 1.24 bits per heavy atom. The highest BCUT2D eigenvalue weighted by Gasteiger charge is 2.75. The van der Waals surface area contributed by atoms with Gasteiger partial charge < -0.3 is 34.6 Å². The number of ether oxygens (including phenoxy) is 3. The summed E-state index contributed by atoms with van der Waals surface area (Å²) in [7, 11) is 0. The first-order valence-electron chi connectivity index (χ1n) is 13.1. The number of aliphatic hydroxyl groups excluding tert-OH is 4. The molecule has 8 rings (SSSR count). The van der Waals surface area contributed by atoms with E-state index in [4.69, 9.17) is 19.2 Å². The minimum absolute atomic E-state index is 0.0495. The van der Waals surface area contributed by atoms with Crippen molar-refractivity contribution in [2.45, 2.75) is 87.2 Å². The second kappa shape index (κ2) is 8.16. The molecular formula is C27H32N2O8. The molecule has 13 unspecified atom stereocenters. The first-order valence-corrected chi connectivity index (χ1v) is 13.1. The molecule has 5 bridgehead atoms. The van der Waals surface area contributed by atoms with Crippen molar-refractivity contribution < 1.29 is 39.4 Å². The van der Waals surface area contributed by atoms with Crippen LogP contribution in [-0.4, -0.2) is 98.7 Å². The van der Waals surface area contributed by atoms with Crippen LogP contribution in [0.15, 0.2) is 40.9 Å². The summed E-state index contributed by atoms with van der Waals surface area (Å²) in [5.41, 5.74) is 3.57. The zero-order chi connectivity index (χ0) is 25.8. The van der Waals surface area contributed by atoms with E-state index in [2.05, 4.69) is 11.0 Å². The molecule has 0 radical (unpaired) electrons. The monoisotopic (exact) mass is 512 g/mol. The van der Waals surface area contributed by atoms with Gasteiger partial charge in [-0.05, 0) is 42.9 Å². The van der Waals surface area contributed by atoms with Gasteiger partial charge in [0.15, 0.2) is 6.29 Å². The molecule has 7 aliphatic rings. The van der Waals surface area contributed by atoms with Crippen molar-refractivity contribution in [3.8, 4) is 0 Å². The molecule has 6 aliphatic heterocycles. The molecule has 37 heavy (non-hydrogen) atoms. The van der Waals surface area contributed by atoms with Crippen molar-refractivity contribution in [3.05, 3.63) is 41.5 Å². The van der Waals surface area contributed by atoms with Gasteiger partial charge in [0.25, 0.3) is 0 Å². The van der Waals surface area contributed by atoms with Crippen LogP contribution in [0.2, 0.25) is 0 Å². The van der Waals surface area contributed by atoms with Gasteiger partial charge >= 0.3 is 5.97 Å². The maximum atomic E-state index is 12.4. The van der Waals surface area contributed by atoms with Gasteiger partial charge in [-0.1, -0.05) is 24.3 Å². The molecule has 0 amide bonds. The zero-order valence-corrected chi connectivity index (χ0v) is 20.7. The van der Waals surface area contributed by atoms with Crippen LogP contribution in [-0.2, 0) is 24.4 Å². The lowest BCUT2D eigenvalue weighted by atomic mass is 9.66. The average molecular weight is 513 g/mol. The lowest BCUT2D eigenvalue weighted by molar-refractivity contribution is -0.328. The number of piperidine rings is 4. The molecular weight excluding hydrogens is 480 g/mol. The van der Waals surface area contributed by atoms with E-state index in [1.165, 1.54) is 6.92 Å². The fourth-order valence-electron chi connectivity index (χ4n) is 8.32. The number of benzene rings is 1. The third-order valence-electron chi connectivity index (χ3n) is 9.62. The first kappa shape index (κ1) is 23.9. The SMILES string of the molecule is C/C=C1\C2CC3C4=Nc5ccccc5C45CC(C2C5OC(C)=O)N3C1OC1OC(CO)C(O)C(O)C1O. The normalized spacial score (nSPS) is 49.7. The van der Waals surface area contributed by atoms with Crippen LogP contribution in [0.1, 0.15) is 32.3 Å². The predicted octanol–water partition coefficient (Wildman–Crippen LogP) is 0.137. The second-order valence-corrected chi connectivity index (χ2v) is 11.1. The number of hydrogen-bond acceptors (Lipinski definition) is 10. The van der Waals surface area contributed by atoms with Crippen molar-refractivity contribution in [1.82, 2.24) is 4.90 Å². The van der Waals surface area contributed by atoms with Crippen molar-refractivity contribution >= 4 is 17.4 Å². The van der Waals surface area contributed by atoms with Gasteiger partial charge in [-0.15, -0.1) is 0 Å². The van der Waals surface area contributed by atoms with Crippen LogP contribution >= 0.6 is 0 Å². The van der Waals surface area contributed by atoms with E-state index in [1.807, 2.05) is 31.2 Å². The number of rotatable bonds is 4. The maximum Gasteiger partial charge on any atom is 0.302 e. The summed E-state index contributed by atoms with van der Waals surface area (Å²) in [5.74, 6) is -0.176. The molecule has 4 N–H and O–H groups in total. The van der Waals surface area contributed by atoms with Crippen LogP contribution in [0.5, 0.6) is 0 Å². The summed E-state index contributed by atoms with van der Waals surface area (Å²) >= 11 is 0. The summed E-state index contributed by atoms with van der Waals surface area (Å²) in [6.45, 7) is 2.89. The molecule has 1 aliphatic carbocycles. The van der Waals surface area contributed by atoms with Crippen LogP contribution in [0, 0.1) is 11.8 Å². The second-order valence-electron chi connectivity index (χ2n) is 11.1. The fourth-order valence-corrected chi connectivity index (χ4v) is 8.32. The summed E-state index contributed by atoms with van der Waals surface area (Å²) < 4.78 is 18.3. The number of aliphatic imine (C=N–C) groups is 1. The lowest BCUT2D eigenvalue weighted by Gasteiger charge is -2.59. The Kier molecular flexibility index (Phi) is 5.27. The summed E-state index contributed by atoms with van der Waals surface area (Å²) in [6, 6.07) is 8.10. The quantitative estimate of drug-likeness (QED) is 0.327. The highest BCUT2D eigenvalue weighted by atomic mass is 16.7. The number of allylic oxidation sites excluding steroid dienone is 1. The fraction of sp³-hybridized carbons (Fsp3) is 0.630. The third kappa shape index (κ3) is 2.95. The highest BCUT2D eigenvalue weighted by Crippen LogP contribution is 2.67. The zero-order valence-electron chi connectivity index (χ0n) is 20.7. The third-order valence-corrected chi connectivity index (χ3v) is 9.62. The highest BCUT2D eigenvalue weighted by molar-refractivity contribution is 6.08. The number of fused-ring (bicyclic) bond motifs is 2. The van der Waals surface area contributed by atoms with E-state index in [0.717, 1.165) is 35.4 Å². The number of hydrogen-bond donors (Lipinski definition) is 4. The van der Waals surface area contributed by atoms with Crippen molar-refractivity contribution in [3.63, 3.8) is 0 Å². The van der Waals surface area contributed by atoms with Crippen LogP contribution in [0.4, 0.5) is 5.69 Å². The molecule has 198 valence electrons. The Bertz CT molecular complexity index is 1200. The molecule has 1 spiro atoms. The van der Waals surface area contributed by atoms with Gasteiger partial charge in [0.2, 0.25) is 0 Å². The number of carbonyl (C=O) groups is 1. The Hall–Kier alpha value is -2.18. The first-order chi connectivity index (χ1) is 17.8. The van der Waals surface area contributed by atoms with Gasteiger partial charge in [-0.2, -0.15) is 0 Å². The molecule has 10 heteroatoms. The van der Waals surface area contributed by atoms with Gasteiger partial charge in [0, 0.05) is 18.9 Å². The smallest absolute Gasteiger partial charge is 0.302 e. The van der Waals surface area contributed by atoms with Gasteiger partial charge in [0.05, 0.1) is 29.5 Å². The molecule has 10 nitrogen and oxygen atoms in total. The van der Waals surface area contributed by atoms with E-state index >= 15 is 0 Å². The van der Waals surface area contributed by atoms with Crippen LogP contribution in [0.3, 0.4) is 0 Å². The number of aliphatic hydroxyl groups is 4. The predicted molar refractivity (Wildman–Crippen MR) is 129 cm³/mol. The van der Waals surface area contributed by atoms with E-state index in [1.54, 1.807) is 0 Å². The largest absolute Gasteiger partial charge is 0.461 e. The van der Waals surface area contributed by atoms with Crippen molar-refractivity contribution in [2.75, 3.05) is 6.61 Å². The average Bonchev–Trinajstić information content (AvgIpc) is 3.36. The lowest BCUT2D eigenvalue weighted by Crippen LogP contribution is -2.70. The molecule has 0 aromatic heterocycles. The summed E-state index contributed by atoms with van der Waals surface area (Å²) in [5, 5.41) is 40.9. The molecule has 1 saturated carbocycles. The number of para-hydroxylation sites is 1. The standard InChI is InChI=1S/C27H32N2O8/c1-3-12-13-8-16-23-27(14-6-4-5-7-15(14)28-23)9-17(19(13)24(27)35-11(2)31)29(16)25(12)37-26-22(34)21(33)20(32)18(10-30)36-26/h3-7,13,16-22,24-26,30,32-34H,8-10H2,1-2H3/b12-3+. The van der Waals surface area contributed by atoms with Crippen LogP contribution < -0.4 is 0 Å². The summed E-state index contributed by atoms with van der Waals surface area (Å²) in [6.07, 6.45) is -4.07. The molecule has 1 aromatic rings. The molecule has 5 saturated heterocycles. The molecule has 13 atom stereocenters. The molecule has 6 heterocycles. The summed E-state index contributed by atoms with van der Waals surface area (Å²) in [4.78, 5) is 19.8. The number of nitrogens with zero attached hydrogens (tertiary/aromatic N) is 2. The van der Waals surface area contributed by atoms with Crippen molar-refractivity contribution in [1.29, 1.82) is 0 Å².